The van der Waals surface area contributed by atoms with Gasteiger partial charge in [-0.3, -0.25) is 10.1 Å². The zero-order valence-electron chi connectivity index (χ0n) is 15.5. The lowest BCUT2D eigenvalue weighted by Gasteiger charge is -2.30. The van der Waals surface area contributed by atoms with Crippen molar-refractivity contribution in [2.45, 2.75) is 18.5 Å². The van der Waals surface area contributed by atoms with Gasteiger partial charge in [0.25, 0.3) is 0 Å². The van der Waals surface area contributed by atoms with Crippen LogP contribution in [0.4, 0.5) is 0 Å². The third-order valence-electron chi connectivity index (χ3n) is 5.14. The van der Waals surface area contributed by atoms with Crippen molar-refractivity contribution in [2.24, 2.45) is 0 Å². The van der Waals surface area contributed by atoms with E-state index in [9.17, 15) is 4.79 Å². The molecule has 0 spiro atoms. The summed E-state index contributed by atoms with van der Waals surface area (Å²) in [6.45, 7) is 0. The van der Waals surface area contributed by atoms with E-state index in [1.54, 1.807) is 14.2 Å². The Morgan fingerprint density at radius 2 is 1.81 bits per heavy atom. The van der Waals surface area contributed by atoms with Gasteiger partial charge in [-0.1, -0.05) is 24.3 Å². The van der Waals surface area contributed by atoms with Crippen molar-refractivity contribution in [1.29, 1.82) is 0 Å². The Kier molecular flexibility index (Phi) is 4.49. The fraction of sp³-hybridized carbons (Fsp3) is 0.286. The Labute approximate surface area is 157 Å². The fourth-order valence-corrected chi connectivity index (χ4v) is 3.82. The zero-order valence-corrected chi connectivity index (χ0v) is 15.5. The normalized spacial score (nSPS) is 18.8. The maximum absolute atomic E-state index is 12.3. The van der Waals surface area contributed by atoms with Crippen molar-refractivity contribution >= 4 is 16.9 Å². The number of aromatic nitrogens is 1. The Bertz CT molecular complexity index is 995. The standard InChI is InChI=1S/C21H22N2O4/c1-25-17-9-8-12(10-18(17)26-2)19-20-14(11-16(23-19)21(24)27-3)13-6-4-5-7-15(13)22-20/h4-10,16,19,22-23H,11H2,1-3H3/t16-,19+/m1/s1. The van der Waals surface area contributed by atoms with Crippen molar-refractivity contribution in [3.05, 3.63) is 59.3 Å². The molecule has 2 N–H and O–H groups in total. The molecule has 0 bridgehead atoms. The first-order valence-corrected chi connectivity index (χ1v) is 8.81. The predicted molar refractivity (Wildman–Crippen MR) is 102 cm³/mol. The number of para-hydroxylation sites is 1. The number of benzene rings is 2. The fourth-order valence-electron chi connectivity index (χ4n) is 3.82. The maximum Gasteiger partial charge on any atom is 0.323 e. The lowest BCUT2D eigenvalue weighted by molar-refractivity contribution is -0.143. The number of hydrogen-bond acceptors (Lipinski definition) is 5. The first kappa shape index (κ1) is 17.4. The smallest absolute Gasteiger partial charge is 0.323 e. The third-order valence-corrected chi connectivity index (χ3v) is 5.14. The van der Waals surface area contributed by atoms with E-state index < -0.39 is 6.04 Å². The van der Waals surface area contributed by atoms with E-state index in [-0.39, 0.29) is 12.0 Å². The molecule has 1 aliphatic rings. The molecule has 0 unspecified atom stereocenters. The van der Waals surface area contributed by atoms with Crippen LogP contribution in [0.5, 0.6) is 11.5 Å². The molecule has 2 aromatic carbocycles. The van der Waals surface area contributed by atoms with Gasteiger partial charge in [-0.15, -0.1) is 0 Å². The first-order chi connectivity index (χ1) is 13.2. The van der Waals surface area contributed by atoms with Crippen molar-refractivity contribution in [1.82, 2.24) is 10.3 Å². The van der Waals surface area contributed by atoms with Crippen LogP contribution in [-0.4, -0.2) is 38.3 Å². The van der Waals surface area contributed by atoms with E-state index in [0.29, 0.717) is 17.9 Å². The van der Waals surface area contributed by atoms with E-state index in [4.69, 9.17) is 14.2 Å². The highest BCUT2D eigenvalue weighted by Gasteiger charge is 2.34. The average Bonchev–Trinajstić information content (AvgIpc) is 3.10. The second-order valence-corrected chi connectivity index (χ2v) is 6.56. The zero-order chi connectivity index (χ0) is 19.0. The van der Waals surface area contributed by atoms with Gasteiger partial charge >= 0.3 is 5.97 Å². The summed E-state index contributed by atoms with van der Waals surface area (Å²) in [5.74, 6) is 1.05. The Hall–Kier alpha value is -2.99. The summed E-state index contributed by atoms with van der Waals surface area (Å²) >= 11 is 0. The molecule has 6 heteroatoms. The molecule has 0 saturated carbocycles. The van der Waals surface area contributed by atoms with Gasteiger partial charge < -0.3 is 19.2 Å². The van der Waals surface area contributed by atoms with Gasteiger partial charge in [0.2, 0.25) is 0 Å². The molecule has 3 aromatic rings. The summed E-state index contributed by atoms with van der Waals surface area (Å²) in [5.41, 5.74) is 4.23. The van der Waals surface area contributed by atoms with Gasteiger partial charge in [-0.25, -0.2) is 0 Å². The number of fused-ring (bicyclic) bond motifs is 3. The predicted octanol–water partition coefficient (Wildman–Crippen LogP) is 2.96. The van der Waals surface area contributed by atoms with Crippen molar-refractivity contribution in [2.75, 3.05) is 21.3 Å². The minimum atomic E-state index is -0.417. The second kappa shape index (κ2) is 6.96. The molecular formula is C21H22N2O4. The van der Waals surface area contributed by atoms with Crippen LogP contribution in [-0.2, 0) is 16.0 Å². The van der Waals surface area contributed by atoms with Gasteiger partial charge in [-0.2, -0.15) is 0 Å². The lowest BCUT2D eigenvalue weighted by atomic mass is 9.90. The van der Waals surface area contributed by atoms with Gasteiger partial charge in [0, 0.05) is 23.0 Å². The number of carbonyl (C=O) groups excluding carboxylic acids is 1. The third kappa shape index (κ3) is 2.92. The molecule has 4 rings (SSSR count). The highest BCUT2D eigenvalue weighted by molar-refractivity contribution is 5.87. The number of H-pyrrole nitrogens is 1. The number of methoxy groups -OCH3 is 3. The van der Waals surface area contributed by atoms with Gasteiger partial charge in [-0.05, 0) is 29.3 Å². The van der Waals surface area contributed by atoms with Gasteiger partial charge in [0.05, 0.1) is 27.4 Å². The quantitative estimate of drug-likeness (QED) is 0.695. The molecule has 27 heavy (non-hydrogen) atoms. The molecule has 2 atom stereocenters. The summed E-state index contributed by atoms with van der Waals surface area (Å²) in [6, 6.07) is 13.3. The second-order valence-electron chi connectivity index (χ2n) is 6.56. The molecule has 2 heterocycles. The molecule has 0 amide bonds. The summed E-state index contributed by atoms with van der Waals surface area (Å²) < 4.78 is 15.8. The summed E-state index contributed by atoms with van der Waals surface area (Å²) in [6.07, 6.45) is 0.579. The van der Waals surface area contributed by atoms with Crippen LogP contribution in [0.15, 0.2) is 42.5 Å². The van der Waals surface area contributed by atoms with Crippen molar-refractivity contribution < 1.29 is 19.0 Å². The molecule has 1 aromatic heterocycles. The Balaban J connectivity index is 1.86. The SMILES string of the molecule is COC(=O)[C@H]1Cc2c([nH]c3ccccc23)[C@H](c2ccc(OC)c(OC)c2)N1. The topological polar surface area (TPSA) is 72.6 Å². The van der Waals surface area contributed by atoms with Crippen LogP contribution in [0.1, 0.15) is 22.9 Å². The van der Waals surface area contributed by atoms with Gasteiger partial charge in [0.1, 0.15) is 6.04 Å². The number of carbonyl (C=O) groups is 1. The summed E-state index contributed by atoms with van der Waals surface area (Å²) in [4.78, 5) is 15.8. The number of esters is 1. The molecule has 0 fully saturated rings. The highest BCUT2D eigenvalue weighted by atomic mass is 16.5. The first-order valence-electron chi connectivity index (χ1n) is 8.81. The van der Waals surface area contributed by atoms with E-state index in [0.717, 1.165) is 27.7 Å². The van der Waals surface area contributed by atoms with E-state index in [2.05, 4.69) is 16.4 Å². The van der Waals surface area contributed by atoms with Crippen LogP contribution >= 0.6 is 0 Å². The van der Waals surface area contributed by atoms with Crippen LogP contribution in [0.2, 0.25) is 0 Å². The molecule has 0 aliphatic carbocycles. The number of hydrogen-bond donors (Lipinski definition) is 2. The lowest BCUT2D eigenvalue weighted by Crippen LogP contribution is -2.45. The summed E-state index contributed by atoms with van der Waals surface area (Å²) in [7, 11) is 4.64. The highest BCUT2D eigenvalue weighted by Crippen LogP contribution is 2.38. The molecule has 0 radical (unpaired) electrons. The van der Waals surface area contributed by atoms with Crippen molar-refractivity contribution in [3.63, 3.8) is 0 Å². The maximum atomic E-state index is 12.3. The number of nitrogens with one attached hydrogen (secondary N) is 2. The van der Waals surface area contributed by atoms with Crippen LogP contribution in [0.25, 0.3) is 10.9 Å². The van der Waals surface area contributed by atoms with Gasteiger partial charge in [0.15, 0.2) is 11.5 Å². The minimum absolute atomic E-state index is 0.190. The molecule has 6 nitrogen and oxygen atoms in total. The monoisotopic (exact) mass is 366 g/mol. The average molecular weight is 366 g/mol. The number of rotatable bonds is 4. The largest absolute Gasteiger partial charge is 0.493 e. The number of ether oxygens (including phenoxy) is 3. The van der Waals surface area contributed by atoms with Crippen molar-refractivity contribution in [3.8, 4) is 11.5 Å². The van der Waals surface area contributed by atoms with Crippen LogP contribution in [0, 0.1) is 0 Å². The molecule has 1 aliphatic heterocycles. The van der Waals surface area contributed by atoms with E-state index in [1.807, 2.05) is 36.4 Å². The minimum Gasteiger partial charge on any atom is -0.493 e. The van der Waals surface area contributed by atoms with Crippen LogP contribution in [0.3, 0.4) is 0 Å². The van der Waals surface area contributed by atoms with E-state index in [1.165, 1.54) is 7.11 Å². The molecule has 0 saturated heterocycles. The molecule has 140 valence electrons. The van der Waals surface area contributed by atoms with E-state index >= 15 is 0 Å². The molecular weight excluding hydrogens is 344 g/mol. The van der Waals surface area contributed by atoms with Crippen LogP contribution < -0.4 is 14.8 Å². The number of aromatic amines is 1. The Morgan fingerprint density at radius 3 is 2.56 bits per heavy atom. The summed E-state index contributed by atoms with van der Waals surface area (Å²) in [5, 5.41) is 4.56. The Morgan fingerprint density at radius 1 is 1.04 bits per heavy atom.